The third-order valence-electron chi connectivity index (χ3n) is 5.18. The summed E-state index contributed by atoms with van der Waals surface area (Å²) in [6.07, 6.45) is -0.643. The van der Waals surface area contributed by atoms with Crippen LogP contribution >= 0.6 is 0 Å². The van der Waals surface area contributed by atoms with Gasteiger partial charge in [-0.1, -0.05) is 18.2 Å². The minimum absolute atomic E-state index is 0.0617. The van der Waals surface area contributed by atoms with E-state index in [4.69, 9.17) is 0 Å². The molecule has 1 aliphatic heterocycles. The monoisotopic (exact) mass is 391 g/mol. The zero-order chi connectivity index (χ0) is 19.9. The van der Waals surface area contributed by atoms with Gasteiger partial charge < -0.3 is 14.0 Å². The second kappa shape index (κ2) is 6.96. The topological polar surface area (TPSA) is 56.0 Å². The van der Waals surface area contributed by atoms with Crippen LogP contribution in [0.25, 0.3) is 10.9 Å². The highest BCUT2D eigenvalue weighted by molar-refractivity contribution is 5.84. The molecule has 2 aromatic heterocycles. The summed E-state index contributed by atoms with van der Waals surface area (Å²) in [7, 11) is 2.00. The molecule has 0 saturated heterocycles. The van der Waals surface area contributed by atoms with Crippen molar-refractivity contribution in [1.29, 1.82) is 0 Å². The van der Waals surface area contributed by atoms with Gasteiger partial charge >= 0.3 is 6.18 Å². The predicted octanol–water partition coefficient (Wildman–Crippen LogP) is 3.15. The number of carbonyl (C=O) groups excluding carboxylic acids is 1. The fourth-order valence-electron chi connectivity index (χ4n) is 3.79. The van der Waals surface area contributed by atoms with Crippen LogP contribution in [0.5, 0.6) is 0 Å². The third kappa shape index (κ3) is 3.36. The Balaban J connectivity index is 1.37. The van der Waals surface area contributed by atoms with E-state index in [0.29, 0.717) is 12.8 Å². The molecule has 0 radical (unpaired) electrons. The van der Waals surface area contributed by atoms with Crippen molar-refractivity contribution in [1.82, 2.24) is 24.2 Å². The van der Waals surface area contributed by atoms with Gasteiger partial charge in [-0.15, -0.1) is 10.2 Å². The number of nitrogens with zero attached hydrogens (tertiary/aromatic N) is 5. The van der Waals surface area contributed by atoms with Gasteiger partial charge in [0.15, 0.2) is 5.82 Å². The quantitative estimate of drug-likeness (QED) is 0.687. The Labute approximate surface area is 159 Å². The molecule has 0 N–H and O–H groups in total. The number of amides is 1. The molecule has 1 aliphatic rings. The van der Waals surface area contributed by atoms with Gasteiger partial charge in [-0.05, 0) is 24.5 Å². The molecule has 6 nitrogen and oxygen atoms in total. The number of hydrogen-bond acceptors (Lipinski definition) is 3. The minimum atomic E-state index is -4.53. The average molecular weight is 391 g/mol. The van der Waals surface area contributed by atoms with Gasteiger partial charge in [0.1, 0.15) is 0 Å². The van der Waals surface area contributed by atoms with Crippen molar-refractivity contribution in [2.45, 2.75) is 38.5 Å². The zero-order valence-corrected chi connectivity index (χ0v) is 15.4. The Morgan fingerprint density at radius 2 is 1.96 bits per heavy atom. The van der Waals surface area contributed by atoms with Crippen LogP contribution < -0.4 is 0 Å². The van der Waals surface area contributed by atoms with Crippen molar-refractivity contribution in [2.75, 3.05) is 6.54 Å². The van der Waals surface area contributed by atoms with Gasteiger partial charge in [0.2, 0.25) is 11.7 Å². The predicted molar refractivity (Wildman–Crippen MR) is 96.3 cm³/mol. The molecule has 4 rings (SSSR count). The number of benzene rings is 1. The third-order valence-corrected chi connectivity index (χ3v) is 5.18. The Morgan fingerprint density at radius 1 is 1.18 bits per heavy atom. The summed E-state index contributed by atoms with van der Waals surface area (Å²) >= 11 is 0. The van der Waals surface area contributed by atoms with E-state index in [1.807, 2.05) is 19.2 Å². The number of carbonyl (C=O) groups is 1. The van der Waals surface area contributed by atoms with E-state index in [1.54, 1.807) is 4.90 Å². The number of aromatic nitrogens is 4. The lowest BCUT2D eigenvalue weighted by molar-refractivity contribution is -0.148. The number of hydrogen-bond donors (Lipinski definition) is 0. The highest BCUT2D eigenvalue weighted by Gasteiger charge is 2.39. The van der Waals surface area contributed by atoms with E-state index in [1.165, 1.54) is 10.9 Å². The number of fused-ring (bicyclic) bond motifs is 2. The second-order valence-electron chi connectivity index (χ2n) is 7.04. The number of aryl methyl sites for hydroxylation is 2. The lowest BCUT2D eigenvalue weighted by Crippen LogP contribution is -2.39. The van der Waals surface area contributed by atoms with Crippen LogP contribution in [0.4, 0.5) is 13.2 Å². The SMILES string of the molecule is Cn1cc(CCCC(=O)N2CCn3c(nnc3C(F)(F)F)C2)c2ccccc21. The maximum atomic E-state index is 12.9. The minimum Gasteiger partial charge on any atom is -0.350 e. The lowest BCUT2D eigenvalue weighted by Gasteiger charge is -2.28. The number of alkyl halides is 3. The summed E-state index contributed by atoms with van der Waals surface area (Å²) in [4.78, 5) is 14.1. The fourth-order valence-corrected chi connectivity index (χ4v) is 3.79. The molecule has 3 heterocycles. The van der Waals surface area contributed by atoms with Gasteiger partial charge in [0.05, 0.1) is 6.54 Å². The van der Waals surface area contributed by atoms with E-state index >= 15 is 0 Å². The highest BCUT2D eigenvalue weighted by Crippen LogP contribution is 2.29. The standard InChI is InChI=1S/C19H20F3N5O/c1-25-11-13(14-6-2-3-7-15(14)25)5-4-8-17(28)26-9-10-27-16(12-26)23-24-18(27)19(20,21)22/h2-3,6-7,11H,4-5,8-10,12H2,1H3. The Bertz CT molecular complexity index is 1020. The molecule has 0 saturated carbocycles. The first-order valence-electron chi connectivity index (χ1n) is 9.14. The number of para-hydroxylation sites is 1. The van der Waals surface area contributed by atoms with Crippen molar-refractivity contribution >= 4 is 16.8 Å². The Kier molecular flexibility index (Phi) is 4.60. The summed E-state index contributed by atoms with van der Waals surface area (Å²) in [5.41, 5.74) is 2.35. The van der Waals surface area contributed by atoms with Crippen molar-refractivity contribution in [3.63, 3.8) is 0 Å². The van der Waals surface area contributed by atoms with Crippen LogP contribution in [0.15, 0.2) is 30.5 Å². The molecular weight excluding hydrogens is 371 g/mol. The molecule has 1 aromatic carbocycles. The van der Waals surface area contributed by atoms with Crippen LogP contribution in [0.1, 0.15) is 30.1 Å². The molecule has 9 heteroatoms. The average Bonchev–Trinajstić information content (AvgIpc) is 3.23. The van der Waals surface area contributed by atoms with E-state index in [9.17, 15) is 18.0 Å². The van der Waals surface area contributed by atoms with Crippen LogP contribution in [0, 0.1) is 0 Å². The van der Waals surface area contributed by atoms with Gasteiger partial charge in [0, 0.05) is 43.7 Å². The molecule has 0 aliphatic carbocycles. The molecule has 28 heavy (non-hydrogen) atoms. The van der Waals surface area contributed by atoms with Crippen LogP contribution in [0.3, 0.4) is 0 Å². The highest BCUT2D eigenvalue weighted by atomic mass is 19.4. The molecule has 3 aromatic rings. The van der Waals surface area contributed by atoms with Gasteiger partial charge in [-0.3, -0.25) is 4.79 Å². The van der Waals surface area contributed by atoms with E-state index in [0.717, 1.165) is 16.5 Å². The number of halogens is 3. The molecular formula is C19H20F3N5O. The van der Waals surface area contributed by atoms with Crippen molar-refractivity contribution in [3.05, 3.63) is 47.7 Å². The summed E-state index contributed by atoms with van der Waals surface area (Å²) < 4.78 is 41.8. The van der Waals surface area contributed by atoms with Crippen LogP contribution in [0.2, 0.25) is 0 Å². The number of rotatable bonds is 4. The summed E-state index contributed by atoms with van der Waals surface area (Å²) in [5, 5.41) is 8.04. The molecule has 1 amide bonds. The molecule has 0 atom stereocenters. The van der Waals surface area contributed by atoms with Gasteiger partial charge in [-0.25, -0.2) is 0 Å². The Morgan fingerprint density at radius 3 is 2.75 bits per heavy atom. The summed E-state index contributed by atoms with van der Waals surface area (Å²) in [6, 6.07) is 8.12. The maximum Gasteiger partial charge on any atom is 0.451 e. The lowest BCUT2D eigenvalue weighted by atomic mass is 10.1. The molecule has 0 fully saturated rings. The van der Waals surface area contributed by atoms with Crippen LogP contribution in [-0.2, 0) is 37.5 Å². The molecule has 148 valence electrons. The first kappa shape index (κ1) is 18.5. The molecule has 0 spiro atoms. The van der Waals surface area contributed by atoms with Crippen molar-refractivity contribution < 1.29 is 18.0 Å². The van der Waals surface area contributed by atoms with E-state index in [-0.39, 0.29) is 31.4 Å². The van der Waals surface area contributed by atoms with E-state index in [2.05, 4.69) is 33.1 Å². The molecule has 0 bridgehead atoms. The van der Waals surface area contributed by atoms with Crippen LogP contribution in [-0.4, -0.2) is 36.7 Å². The molecule has 0 unspecified atom stereocenters. The van der Waals surface area contributed by atoms with E-state index < -0.39 is 12.0 Å². The summed E-state index contributed by atoms with van der Waals surface area (Å²) in [6.45, 7) is 0.365. The largest absolute Gasteiger partial charge is 0.451 e. The van der Waals surface area contributed by atoms with Crippen molar-refractivity contribution in [3.8, 4) is 0 Å². The fraction of sp³-hybridized carbons (Fsp3) is 0.421. The van der Waals surface area contributed by atoms with Gasteiger partial charge in [0.25, 0.3) is 0 Å². The van der Waals surface area contributed by atoms with Gasteiger partial charge in [-0.2, -0.15) is 13.2 Å². The zero-order valence-electron chi connectivity index (χ0n) is 15.4. The first-order valence-corrected chi connectivity index (χ1v) is 9.14. The second-order valence-corrected chi connectivity index (χ2v) is 7.04. The smallest absolute Gasteiger partial charge is 0.350 e. The summed E-state index contributed by atoms with van der Waals surface area (Å²) in [5.74, 6) is -0.880. The first-order chi connectivity index (χ1) is 13.3. The normalized spacial score (nSPS) is 14.5. The van der Waals surface area contributed by atoms with Crippen molar-refractivity contribution in [2.24, 2.45) is 7.05 Å². The Hall–Kier alpha value is -2.84. The maximum absolute atomic E-state index is 12.9.